The highest BCUT2D eigenvalue weighted by Gasteiger charge is 2.29. The van der Waals surface area contributed by atoms with Crippen LogP contribution >= 0.6 is 0 Å². The number of para-hydroxylation sites is 1. The summed E-state index contributed by atoms with van der Waals surface area (Å²) in [5, 5.41) is 12.9. The first-order chi connectivity index (χ1) is 10.3. The van der Waals surface area contributed by atoms with Gasteiger partial charge >= 0.3 is 0 Å². The third-order valence-corrected chi connectivity index (χ3v) is 4.46. The van der Waals surface area contributed by atoms with E-state index in [-0.39, 0.29) is 12.0 Å². The zero-order chi connectivity index (χ0) is 14.7. The van der Waals surface area contributed by atoms with Crippen LogP contribution in [0.3, 0.4) is 0 Å². The van der Waals surface area contributed by atoms with Crippen molar-refractivity contribution in [1.29, 1.82) is 0 Å². The van der Waals surface area contributed by atoms with Gasteiger partial charge in [0.25, 0.3) is 0 Å². The zero-order valence-electron chi connectivity index (χ0n) is 12.4. The lowest BCUT2D eigenvalue weighted by Crippen LogP contribution is -2.41. The number of nitrogens with zero attached hydrogens (tertiary/aromatic N) is 1. The van der Waals surface area contributed by atoms with Gasteiger partial charge < -0.3 is 15.3 Å². The van der Waals surface area contributed by atoms with E-state index in [1.165, 1.54) is 5.56 Å². The summed E-state index contributed by atoms with van der Waals surface area (Å²) in [5.41, 5.74) is 2.32. The maximum Gasteiger partial charge on any atom is 0.240 e. The summed E-state index contributed by atoms with van der Waals surface area (Å²) in [6.45, 7) is 1.62. The van der Waals surface area contributed by atoms with Gasteiger partial charge in [0.1, 0.15) is 0 Å². The lowest BCUT2D eigenvalue weighted by molar-refractivity contribution is -0.117. The molecule has 1 aliphatic carbocycles. The Labute approximate surface area is 126 Å². The second kappa shape index (κ2) is 6.58. The van der Waals surface area contributed by atoms with Crippen LogP contribution < -0.4 is 10.2 Å². The second-order valence-electron chi connectivity index (χ2n) is 6.17. The number of hydrogen-bond donors (Lipinski definition) is 2. The van der Waals surface area contributed by atoms with Crippen molar-refractivity contribution in [3.8, 4) is 0 Å². The molecule has 0 spiro atoms. The molecule has 1 aromatic rings. The maximum atomic E-state index is 12.5. The lowest BCUT2D eigenvalue weighted by atomic mass is 10.1. The molecular weight excluding hydrogens is 264 g/mol. The molecule has 4 nitrogen and oxygen atoms in total. The number of nitrogens with one attached hydrogen (secondary N) is 1. The third-order valence-electron chi connectivity index (χ3n) is 4.46. The van der Waals surface area contributed by atoms with Gasteiger partial charge in [-0.1, -0.05) is 18.2 Å². The van der Waals surface area contributed by atoms with Gasteiger partial charge in [0, 0.05) is 18.8 Å². The first-order valence-electron chi connectivity index (χ1n) is 8.03. The number of carbonyl (C=O) groups is 1. The Bertz CT molecular complexity index is 499. The van der Waals surface area contributed by atoms with Crippen molar-refractivity contribution < 1.29 is 9.90 Å². The highest BCUT2D eigenvalue weighted by atomic mass is 16.3. The van der Waals surface area contributed by atoms with Gasteiger partial charge in [0.15, 0.2) is 0 Å². The largest absolute Gasteiger partial charge is 0.392 e. The average Bonchev–Trinajstić information content (AvgIpc) is 3.33. The van der Waals surface area contributed by atoms with Crippen molar-refractivity contribution in [2.75, 3.05) is 24.5 Å². The van der Waals surface area contributed by atoms with Gasteiger partial charge in [-0.05, 0) is 49.7 Å². The number of hydrogen-bond acceptors (Lipinski definition) is 3. The van der Waals surface area contributed by atoms with Gasteiger partial charge in [-0.15, -0.1) is 0 Å². The van der Waals surface area contributed by atoms with E-state index < -0.39 is 0 Å². The molecule has 21 heavy (non-hydrogen) atoms. The molecule has 1 heterocycles. The van der Waals surface area contributed by atoms with Gasteiger partial charge in [0.2, 0.25) is 5.91 Å². The highest BCUT2D eigenvalue weighted by Crippen LogP contribution is 2.32. The lowest BCUT2D eigenvalue weighted by Gasteiger charge is -2.23. The molecular formula is C17H24N2O2. The van der Waals surface area contributed by atoms with Crippen LogP contribution in [-0.2, 0) is 11.2 Å². The van der Waals surface area contributed by atoms with Crippen LogP contribution in [-0.4, -0.2) is 36.8 Å². The fourth-order valence-electron chi connectivity index (χ4n) is 3.02. The van der Waals surface area contributed by atoms with Crippen molar-refractivity contribution in [1.82, 2.24) is 5.32 Å². The topological polar surface area (TPSA) is 52.6 Å². The van der Waals surface area contributed by atoms with Crippen molar-refractivity contribution >= 4 is 11.6 Å². The monoisotopic (exact) mass is 288 g/mol. The summed E-state index contributed by atoms with van der Waals surface area (Å²) in [6.07, 6.45) is 5.18. The summed E-state index contributed by atoms with van der Waals surface area (Å²) in [6, 6.07) is 8.19. The van der Waals surface area contributed by atoms with Crippen molar-refractivity contribution in [2.24, 2.45) is 5.92 Å². The summed E-state index contributed by atoms with van der Waals surface area (Å²) in [4.78, 5) is 14.4. The molecule has 114 valence electrons. The fraction of sp³-hybridized carbons (Fsp3) is 0.588. The summed E-state index contributed by atoms with van der Waals surface area (Å²) in [7, 11) is 0. The molecule has 1 unspecified atom stereocenters. The number of fused-ring (bicyclic) bond motifs is 1. The van der Waals surface area contributed by atoms with E-state index in [2.05, 4.69) is 11.4 Å². The summed E-state index contributed by atoms with van der Waals surface area (Å²) in [5.74, 6) is 0.555. The number of aliphatic hydroxyl groups excluding tert-OH is 1. The number of rotatable bonds is 5. The van der Waals surface area contributed by atoms with Crippen LogP contribution in [0.15, 0.2) is 24.3 Å². The number of benzene rings is 1. The van der Waals surface area contributed by atoms with Crippen molar-refractivity contribution in [2.45, 2.75) is 38.2 Å². The fourth-order valence-corrected chi connectivity index (χ4v) is 3.02. The molecule has 4 heteroatoms. The number of aryl methyl sites for hydroxylation is 1. The molecule has 1 atom stereocenters. The quantitative estimate of drug-likeness (QED) is 0.867. The summed E-state index contributed by atoms with van der Waals surface area (Å²) >= 11 is 0. The first-order valence-corrected chi connectivity index (χ1v) is 8.03. The van der Waals surface area contributed by atoms with Crippen LogP contribution in [0, 0.1) is 5.92 Å². The maximum absolute atomic E-state index is 12.5. The van der Waals surface area contributed by atoms with Gasteiger partial charge in [0.05, 0.1) is 12.6 Å². The standard InChI is InChI=1S/C17H24N2O2/c20-16(14-8-9-14)11-18-12-17(21)19-10-4-3-6-13-5-1-2-7-15(13)19/h1-2,5,7,14,16,18,20H,3-4,6,8-12H2. The third kappa shape index (κ3) is 3.63. The normalized spacial score (nSPS) is 19.8. The van der Waals surface area contributed by atoms with E-state index in [1.54, 1.807) is 0 Å². The molecule has 1 aromatic carbocycles. The Hall–Kier alpha value is -1.39. The highest BCUT2D eigenvalue weighted by molar-refractivity contribution is 5.95. The molecule has 0 saturated heterocycles. The Morgan fingerprint density at radius 3 is 2.95 bits per heavy atom. The number of carbonyl (C=O) groups excluding carboxylic acids is 1. The van der Waals surface area contributed by atoms with Crippen molar-refractivity contribution in [3.63, 3.8) is 0 Å². The Kier molecular flexibility index (Phi) is 4.56. The van der Waals surface area contributed by atoms with E-state index in [0.29, 0.717) is 19.0 Å². The molecule has 1 fully saturated rings. The molecule has 0 bridgehead atoms. The van der Waals surface area contributed by atoms with Gasteiger partial charge in [-0.2, -0.15) is 0 Å². The predicted octanol–water partition coefficient (Wildman–Crippen LogP) is 1.72. The van der Waals surface area contributed by atoms with E-state index in [0.717, 1.165) is 44.3 Å². The minimum absolute atomic E-state index is 0.104. The van der Waals surface area contributed by atoms with E-state index in [1.807, 2.05) is 23.1 Å². The minimum Gasteiger partial charge on any atom is -0.392 e. The van der Waals surface area contributed by atoms with Crippen LogP contribution in [0.25, 0.3) is 0 Å². The smallest absolute Gasteiger partial charge is 0.240 e. The van der Waals surface area contributed by atoms with Crippen LogP contribution in [0.4, 0.5) is 5.69 Å². The molecule has 1 saturated carbocycles. The summed E-state index contributed by atoms with van der Waals surface area (Å²) < 4.78 is 0. The number of aliphatic hydroxyl groups is 1. The minimum atomic E-state index is -0.297. The van der Waals surface area contributed by atoms with E-state index in [4.69, 9.17) is 0 Å². The zero-order valence-corrected chi connectivity index (χ0v) is 12.4. The number of amides is 1. The molecule has 0 radical (unpaired) electrons. The Morgan fingerprint density at radius 2 is 2.14 bits per heavy atom. The van der Waals surface area contributed by atoms with Crippen LogP contribution in [0.1, 0.15) is 31.2 Å². The van der Waals surface area contributed by atoms with Crippen LogP contribution in [0.5, 0.6) is 0 Å². The average molecular weight is 288 g/mol. The Balaban J connectivity index is 1.58. The second-order valence-corrected chi connectivity index (χ2v) is 6.17. The molecule has 1 aliphatic heterocycles. The Morgan fingerprint density at radius 1 is 1.33 bits per heavy atom. The molecule has 0 aromatic heterocycles. The number of anilines is 1. The predicted molar refractivity (Wildman–Crippen MR) is 83.3 cm³/mol. The van der Waals surface area contributed by atoms with Gasteiger partial charge in [-0.25, -0.2) is 0 Å². The van der Waals surface area contributed by atoms with Crippen molar-refractivity contribution in [3.05, 3.63) is 29.8 Å². The molecule has 3 rings (SSSR count). The van der Waals surface area contributed by atoms with Crippen LogP contribution in [0.2, 0.25) is 0 Å². The van der Waals surface area contributed by atoms with Gasteiger partial charge in [-0.3, -0.25) is 4.79 Å². The SMILES string of the molecule is O=C(CNCC(O)C1CC1)N1CCCCc2ccccc21. The van der Waals surface area contributed by atoms with E-state index >= 15 is 0 Å². The molecule has 2 N–H and O–H groups in total. The molecule has 2 aliphatic rings. The van der Waals surface area contributed by atoms with E-state index in [9.17, 15) is 9.90 Å². The molecule has 1 amide bonds. The first kappa shape index (κ1) is 14.5.